The Labute approximate surface area is 168 Å². The second-order valence-electron chi connectivity index (χ2n) is 6.76. The van der Waals surface area contributed by atoms with E-state index in [-0.39, 0.29) is 24.5 Å². The summed E-state index contributed by atoms with van der Waals surface area (Å²) in [6.45, 7) is 4.86. The number of aromatic nitrogens is 1. The zero-order valence-corrected chi connectivity index (χ0v) is 17.2. The summed E-state index contributed by atoms with van der Waals surface area (Å²) in [5, 5.41) is 3.34. The highest BCUT2D eigenvalue weighted by Crippen LogP contribution is 2.22. The number of carbonyl (C=O) groups excluding carboxylic acids is 2. The van der Waals surface area contributed by atoms with Crippen LogP contribution in [-0.4, -0.2) is 54.6 Å². The van der Waals surface area contributed by atoms with Crippen LogP contribution in [-0.2, 0) is 9.53 Å². The number of ether oxygens (including phenoxy) is 2. The molecule has 1 N–H and O–H groups in total. The number of hydrogen-bond acceptors (Lipinski definition) is 6. The predicted molar refractivity (Wildman–Crippen MR) is 108 cm³/mol. The van der Waals surface area contributed by atoms with E-state index in [9.17, 15) is 9.59 Å². The first kappa shape index (κ1) is 20.3. The average molecular weight is 404 g/mol. The van der Waals surface area contributed by atoms with Crippen molar-refractivity contribution in [1.29, 1.82) is 0 Å². The van der Waals surface area contributed by atoms with Crippen LogP contribution in [0.15, 0.2) is 24.3 Å². The van der Waals surface area contributed by atoms with Gasteiger partial charge in [0.1, 0.15) is 12.3 Å². The maximum atomic E-state index is 13.1. The largest absolute Gasteiger partial charge is 0.497 e. The number of nitrogens with zero attached hydrogens (tertiary/aromatic N) is 2. The molecule has 0 spiro atoms. The fraction of sp³-hybridized carbons (Fsp3) is 0.450. The lowest BCUT2D eigenvalue weighted by atomic mass is 10.1. The molecule has 1 aromatic heterocycles. The van der Waals surface area contributed by atoms with Crippen LogP contribution in [0.25, 0.3) is 0 Å². The van der Waals surface area contributed by atoms with Gasteiger partial charge in [0.05, 0.1) is 18.9 Å². The molecule has 3 rings (SSSR count). The number of aryl methyl sites for hydroxylation is 2. The van der Waals surface area contributed by atoms with Gasteiger partial charge in [-0.05, 0) is 44.9 Å². The zero-order valence-electron chi connectivity index (χ0n) is 16.4. The lowest BCUT2D eigenvalue weighted by Crippen LogP contribution is -2.42. The van der Waals surface area contributed by atoms with Crippen LogP contribution >= 0.6 is 11.3 Å². The third-order valence-corrected chi connectivity index (χ3v) is 5.65. The minimum atomic E-state index is -0.275. The minimum absolute atomic E-state index is 0.0493. The van der Waals surface area contributed by atoms with E-state index in [0.29, 0.717) is 29.6 Å². The van der Waals surface area contributed by atoms with Gasteiger partial charge in [-0.25, -0.2) is 4.98 Å². The average Bonchev–Trinajstić information content (AvgIpc) is 3.30. The second kappa shape index (κ2) is 9.16. The van der Waals surface area contributed by atoms with Crippen LogP contribution < -0.4 is 10.1 Å². The Kier molecular flexibility index (Phi) is 6.64. The van der Waals surface area contributed by atoms with Gasteiger partial charge in [0, 0.05) is 23.6 Å². The summed E-state index contributed by atoms with van der Waals surface area (Å²) in [7, 11) is 1.55. The van der Waals surface area contributed by atoms with Crippen molar-refractivity contribution in [3.63, 3.8) is 0 Å². The molecule has 28 heavy (non-hydrogen) atoms. The molecule has 0 radical (unpaired) electrons. The van der Waals surface area contributed by atoms with Gasteiger partial charge in [0.25, 0.3) is 5.91 Å². The van der Waals surface area contributed by atoms with E-state index in [0.717, 1.165) is 23.4 Å². The third-order valence-electron chi connectivity index (χ3n) is 4.66. The summed E-state index contributed by atoms with van der Waals surface area (Å²) in [5.41, 5.74) is 1.37. The number of thiazole rings is 1. The highest BCUT2D eigenvalue weighted by atomic mass is 32.1. The first-order valence-electron chi connectivity index (χ1n) is 9.25. The molecule has 2 amide bonds. The van der Waals surface area contributed by atoms with Crippen molar-refractivity contribution in [2.45, 2.75) is 32.8 Å². The molecule has 2 aromatic rings. The molecule has 1 saturated heterocycles. The van der Waals surface area contributed by atoms with E-state index in [1.807, 2.05) is 13.8 Å². The number of hydrogen-bond donors (Lipinski definition) is 1. The lowest BCUT2D eigenvalue weighted by molar-refractivity contribution is -0.117. The first-order chi connectivity index (χ1) is 13.5. The lowest BCUT2D eigenvalue weighted by Gasteiger charge is -2.25. The summed E-state index contributed by atoms with van der Waals surface area (Å²) in [6.07, 6.45) is 1.80. The first-order valence-corrected chi connectivity index (χ1v) is 10.1. The molecule has 2 heterocycles. The maximum Gasteiger partial charge on any atom is 0.254 e. The van der Waals surface area contributed by atoms with Crippen molar-refractivity contribution in [1.82, 2.24) is 9.88 Å². The number of carbonyl (C=O) groups is 2. The van der Waals surface area contributed by atoms with Crippen LogP contribution in [0.1, 0.15) is 33.8 Å². The van der Waals surface area contributed by atoms with Crippen LogP contribution in [0.4, 0.5) is 5.13 Å². The predicted octanol–water partition coefficient (Wildman–Crippen LogP) is 3.03. The molecule has 0 aliphatic carbocycles. The number of anilines is 1. The summed E-state index contributed by atoms with van der Waals surface area (Å²) >= 11 is 1.42. The fourth-order valence-corrected chi connectivity index (χ4v) is 3.88. The number of benzene rings is 1. The number of amides is 2. The molecule has 1 aliphatic heterocycles. The highest BCUT2D eigenvalue weighted by molar-refractivity contribution is 7.15. The monoisotopic (exact) mass is 403 g/mol. The van der Waals surface area contributed by atoms with E-state index in [1.165, 1.54) is 16.2 Å². The molecule has 0 saturated carbocycles. The van der Waals surface area contributed by atoms with E-state index in [1.54, 1.807) is 31.4 Å². The van der Waals surface area contributed by atoms with Gasteiger partial charge in [0.15, 0.2) is 5.13 Å². The van der Waals surface area contributed by atoms with Crippen LogP contribution in [0, 0.1) is 13.8 Å². The molecule has 8 heteroatoms. The molecule has 1 aliphatic rings. The molecule has 0 bridgehead atoms. The fourth-order valence-electron chi connectivity index (χ4n) is 3.05. The molecule has 1 atom stereocenters. The Hall–Kier alpha value is -2.45. The van der Waals surface area contributed by atoms with E-state index >= 15 is 0 Å². The molecular weight excluding hydrogens is 378 g/mol. The summed E-state index contributed by atoms with van der Waals surface area (Å²) < 4.78 is 10.9. The molecule has 1 fully saturated rings. The van der Waals surface area contributed by atoms with Gasteiger partial charge in [-0.2, -0.15) is 0 Å². The topological polar surface area (TPSA) is 80.8 Å². The maximum absolute atomic E-state index is 13.1. The Morgan fingerprint density at radius 3 is 2.86 bits per heavy atom. The Balaban J connectivity index is 1.73. The number of methoxy groups -OCH3 is 1. The SMILES string of the molecule is COc1cccc(C(=O)N(CC(=O)Nc2nc(C)c(C)s2)CC2CCCO2)c1. The Bertz CT molecular complexity index is 826. The normalized spacial score (nSPS) is 16.0. The Morgan fingerprint density at radius 1 is 1.39 bits per heavy atom. The number of rotatable bonds is 7. The molecule has 1 aromatic carbocycles. The Morgan fingerprint density at radius 2 is 2.21 bits per heavy atom. The van der Waals surface area contributed by atoms with Crippen LogP contribution in [0.2, 0.25) is 0 Å². The van der Waals surface area contributed by atoms with Crippen molar-refractivity contribution < 1.29 is 19.1 Å². The van der Waals surface area contributed by atoms with Crippen LogP contribution in [0.5, 0.6) is 5.75 Å². The van der Waals surface area contributed by atoms with Gasteiger partial charge in [0.2, 0.25) is 5.91 Å². The molecule has 7 nitrogen and oxygen atoms in total. The van der Waals surface area contributed by atoms with Gasteiger partial charge in [-0.15, -0.1) is 11.3 Å². The molecule has 1 unspecified atom stereocenters. The minimum Gasteiger partial charge on any atom is -0.497 e. The zero-order chi connectivity index (χ0) is 20.1. The van der Waals surface area contributed by atoms with Gasteiger partial charge in [-0.3, -0.25) is 9.59 Å². The molecular formula is C20H25N3O4S. The van der Waals surface area contributed by atoms with E-state index in [2.05, 4.69) is 10.3 Å². The van der Waals surface area contributed by atoms with Gasteiger partial charge >= 0.3 is 0 Å². The van der Waals surface area contributed by atoms with Gasteiger partial charge < -0.3 is 19.7 Å². The summed E-state index contributed by atoms with van der Waals surface area (Å²) in [6, 6.07) is 6.94. The van der Waals surface area contributed by atoms with Crippen molar-refractivity contribution >= 4 is 28.3 Å². The van der Waals surface area contributed by atoms with Crippen molar-refractivity contribution in [2.75, 3.05) is 32.1 Å². The van der Waals surface area contributed by atoms with Crippen molar-refractivity contribution in [3.05, 3.63) is 40.4 Å². The number of nitrogens with one attached hydrogen (secondary N) is 1. The standard InChI is InChI=1S/C20H25N3O4S/c1-13-14(2)28-20(21-13)22-18(24)12-23(11-17-8-5-9-27-17)19(25)15-6-4-7-16(10-15)26-3/h4,6-7,10,17H,5,8-9,11-12H2,1-3H3,(H,21,22,24). The summed E-state index contributed by atoms with van der Waals surface area (Å²) in [5.74, 6) is 0.0974. The second-order valence-corrected chi connectivity index (χ2v) is 7.96. The van der Waals surface area contributed by atoms with Crippen LogP contribution in [0.3, 0.4) is 0 Å². The third kappa shape index (κ3) is 5.08. The smallest absolute Gasteiger partial charge is 0.254 e. The quantitative estimate of drug-likeness (QED) is 0.769. The molecule has 150 valence electrons. The van der Waals surface area contributed by atoms with Crippen molar-refractivity contribution in [3.8, 4) is 5.75 Å². The van der Waals surface area contributed by atoms with Crippen molar-refractivity contribution in [2.24, 2.45) is 0 Å². The summed E-state index contributed by atoms with van der Waals surface area (Å²) in [4.78, 5) is 32.6. The van der Waals surface area contributed by atoms with E-state index in [4.69, 9.17) is 9.47 Å². The highest BCUT2D eigenvalue weighted by Gasteiger charge is 2.25. The van der Waals surface area contributed by atoms with E-state index < -0.39 is 0 Å². The van der Waals surface area contributed by atoms with Gasteiger partial charge in [-0.1, -0.05) is 6.07 Å².